The Hall–Kier alpha value is -3.86. The zero-order valence-corrected chi connectivity index (χ0v) is 17.0. The lowest BCUT2D eigenvalue weighted by atomic mass is 10.2. The number of halogens is 1. The van der Waals surface area contributed by atoms with Crippen LogP contribution in [-0.2, 0) is 4.74 Å². The van der Waals surface area contributed by atoms with E-state index in [4.69, 9.17) is 4.74 Å². The van der Waals surface area contributed by atoms with Crippen molar-refractivity contribution in [1.29, 1.82) is 0 Å². The van der Waals surface area contributed by atoms with E-state index in [0.717, 1.165) is 0 Å². The minimum Gasteiger partial charge on any atom is -0.444 e. The van der Waals surface area contributed by atoms with Gasteiger partial charge < -0.3 is 9.84 Å². The molecule has 11 heteroatoms. The van der Waals surface area contributed by atoms with Gasteiger partial charge >= 0.3 is 6.09 Å². The Bertz CT molecular complexity index is 1250. The van der Waals surface area contributed by atoms with Crippen LogP contribution in [0.1, 0.15) is 38.3 Å². The number of nitrogens with one attached hydrogen (secondary N) is 1. The molecule has 4 rings (SSSR count). The number of aliphatic hydroxyl groups is 1. The lowest BCUT2D eigenvalue weighted by Crippen LogP contribution is -2.27. The quantitative estimate of drug-likeness (QED) is 0.516. The van der Waals surface area contributed by atoms with E-state index in [1.165, 1.54) is 27.8 Å². The van der Waals surface area contributed by atoms with Gasteiger partial charge in [-0.05, 0) is 45.0 Å². The number of anilines is 1. The molecule has 1 atom stereocenters. The molecule has 0 aliphatic carbocycles. The van der Waals surface area contributed by atoms with Crippen molar-refractivity contribution in [2.45, 2.75) is 32.5 Å². The van der Waals surface area contributed by atoms with Gasteiger partial charge in [-0.3, -0.25) is 5.32 Å². The predicted molar refractivity (Wildman–Crippen MR) is 108 cm³/mol. The van der Waals surface area contributed by atoms with Gasteiger partial charge in [-0.1, -0.05) is 17.3 Å². The van der Waals surface area contributed by atoms with Gasteiger partial charge in [0.15, 0.2) is 5.82 Å². The lowest BCUT2D eigenvalue weighted by Gasteiger charge is -2.19. The topological polar surface area (TPSA) is 119 Å². The summed E-state index contributed by atoms with van der Waals surface area (Å²) in [6.07, 6.45) is 0.812. The summed E-state index contributed by atoms with van der Waals surface area (Å²) in [7, 11) is 0. The second kappa shape index (κ2) is 7.76. The first-order chi connectivity index (χ1) is 14.7. The van der Waals surface area contributed by atoms with Crippen LogP contribution < -0.4 is 5.32 Å². The van der Waals surface area contributed by atoms with Crippen molar-refractivity contribution in [3.8, 4) is 5.69 Å². The van der Waals surface area contributed by atoms with Crippen molar-refractivity contribution >= 4 is 17.4 Å². The van der Waals surface area contributed by atoms with Crippen LogP contribution in [0.5, 0.6) is 0 Å². The number of hydrogen-bond acceptors (Lipinski definition) is 7. The summed E-state index contributed by atoms with van der Waals surface area (Å²) in [5.74, 6) is -0.245. The standard InChI is InChI=1S/C20H20FN7O3/c1-20(2,3)31-19(30)24-18-16-9-8-15(28(16)23-11-22-18)17(29)13-10-27(26-25-13)14-7-5-4-6-12(14)21/h4-11,17,29H,1-3H3,(H,22,23,24,30). The molecule has 0 radical (unpaired) electrons. The number of nitrogens with zero attached hydrogens (tertiary/aromatic N) is 6. The highest BCUT2D eigenvalue weighted by Crippen LogP contribution is 2.25. The predicted octanol–water partition coefficient (Wildman–Crippen LogP) is 2.88. The first-order valence-electron chi connectivity index (χ1n) is 9.41. The fourth-order valence-corrected chi connectivity index (χ4v) is 2.97. The number of carbonyl (C=O) groups is 1. The van der Waals surface area contributed by atoms with Gasteiger partial charge in [0.1, 0.15) is 40.7 Å². The summed E-state index contributed by atoms with van der Waals surface area (Å²) < 4.78 is 21.9. The fraction of sp³-hybridized carbons (Fsp3) is 0.250. The van der Waals surface area contributed by atoms with E-state index in [9.17, 15) is 14.3 Å². The number of aliphatic hydroxyl groups excluding tert-OH is 1. The van der Waals surface area contributed by atoms with Crippen LogP contribution >= 0.6 is 0 Å². The van der Waals surface area contributed by atoms with E-state index in [1.807, 2.05) is 0 Å². The van der Waals surface area contributed by atoms with Crippen LogP contribution in [0.25, 0.3) is 11.2 Å². The molecule has 3 heterocycles. The number of hydrogen-bond donors (Lipinski definition) is 2. The Morgan fingerprint density at radius 1 is 1.23 bits per heavy atom. The van der Waals surface area contributed by atoms with E-state index >= 15 is 0 Å². The Morgan fingerprint density at radius 2 is 2.00 bits per heavy atom. The van der Waals surface area contributed by atoms with Gasteiger partial charge in [-0.15, -0.1) is 5.10 Å². The average Bonchev–Trinajstić information content (AvgIpc) is 3.34. The molecule has 10 nitrogen and oxygen atoms in total. The van der Waals surface area contributed by atoms with Gasteiger partial charge in [0.05, 0.1) is 11.9 Å². The van der Waals surface area contributed by atoms with Crippen molar-refractivity contribution < 1.29 is 19.0 Å². The van der Waals surface area contributed by atoms with Crippen molar-refractivity contribution in [2.24, 2.45) is 0 Å². The largest absolute Gasteiger partial charge is 0.444 e. The molecule has 3 aromatic heterocycles. The third-order valence-electron chi connectivity index (χ3n) is 4.27. The number of benzene rings is 1. The summed E-state index contributed by atoms with van der Waals surface area (Å²) in [4.78, 5) is 16.2. The maximum absolute atomic E-state index is 14.0. The summed E-state index contributed by atoms with van der Waals surface area (Å²) in [6, 6.07) is 9.37. The minimum absolute atomic E-state index is 0.198. The van der Waals surface area contributed by atoms with Crippen LogP contribution in [0.3, 0.4) is 0 Å². The average molecular weight is 425 g/mol. The van der Waals surface area contributed by atoms with Crippen LogP contribution in [-0.4, -0.2) is 46.4 Å². The highest BCUT2D eigenvalue weighted by Gasteiger charge is 2.22. The van der Waals surface area contributed by atoms with Crippen molar-refractivity contribution in [3.63, 3.8) is 0 Å². The molecule has 0 aliphatic rings. The summed E-state index contributed by atoms with van der Waals surface area (Å²) in [5, 5.41) is 25.4. The van der Waals surface area contributed by atoms with Crippen molar-refractivity contribution in [3.05, 3.63) is 66.1 Å². The van der Waals surface area contributed by atoms with E-state index in [1.54, 1.807) is 51.1 Å². The molecule has 0 saturated carbocycles. The molecule has 1 aromatic carbocycles. The highest BCUT2D eigenvalue weighted by atomic mass is 19.1. The molecular weight excluding hydrogens is 405 g/mol. The number of carbonyl (C=O) groups excluding carboxylic acids is 1. The van der Waals surface area contributed by atoms with Crippen molar-refractivity contribution in [2.75, 3.05) is 5.32 Å². The summed E-state index contributed by atoms with van der Waals surface area (Å²) >= 11 is 0. The Labute approximate surface area is 176 Å². The molecular formula is C20H20FN7O3. The number of rotatable bonds is 4. The van der Waals surface area contributed by atoms with Gasteiger partial charge in [-0.25, -0.2) is 23.4 Å². The maximum atomic E-state index is 14.0. The third kappa shape index (κ3) is 4.21. The second-order valence-corrected chi connectivity index (χ2v) is 7.73. The first-order valence-corrected chi connectivity index (χ1v) is 9.41. The Morgan fingerprint density at radius 3 is 2.74 bits per heavy atom. The monoisotopic (exact) mass is 425 g/mol. The van der Waals surface area contributed by atoms with E-state index in [0.29, 0.717) is 11.2 Å². The SMILES string of the molecule is CC(C)(C)OC(=O)Nc1ncnn2c(C(O)c3cn(-c4ccccc4F)nn3)ccc12. The van der Waals surface area contributed by atoms with Crippen LogP contribution in [0.15, 0.2) is 48.9 Å². The number of aromatic nitrogens is 6. The van der Waals surface area contributed by atoms with Crippen LogP contribution in [0.4, 0.5) is 15.0 Å². The molecule has 0 bridgehead atoms. The minimum atomic E-state index is -1.20. The molecule has 1 amide bonds. The normalized spacial score (nSPS) is 12.7. The van der Waals surface area contributed by atoms with Gasteiger partial charge in [0.25, 0.3) is 0 Å². The first kappa shape index (κ1) is 20.4. The molecule has 0 aliphatic heterocycles. The molecule has 0 saturated heterocycles. The summed E-state index contributed by atoms with van der Waals surface area (Å²) in [6.45, 7) is 5.26. The van der Waals surface area contributed by atoms with Gasteiger partial charge in [0, 0.05) is 0 Å². The number of amides is 1. The van der Waals surface area contributed by atoms with Crippen LogP contribution in [0.2, 0.25) is 0 Å². The summed E-state index contributed by atoms with van der Waals surface area (Å²) in [5.41, 5.74) is 0.554. The molecule has 4 aromatic rings. The number of ether oxygens (including phenoxy) is 1. The number of fused-ring (bicyclic) bond motifs is 1. The molecule has 0 fully saturated rings. The number of para-hydroxylation sites is 1. The fourth-order valence-electron chi connectivity index (χ4n) is 2.97. The molecule has 31 heavy (non-hydrogen) atoms. The van der Waals surface area contributed by atoms with Gasteiger partial charge in [-0.2, -0.15) is 5.10 Å². The zero-order chi connectivity index (χ0) is 22.2. The third-order valence-corrected chi connectivity index (χ3v) is 4.27. The smallest absolute Gasteiger partial charge is 0.413 e. The van der Waals surface area contributed by atoms with E-state index < -0.39 is 23.6 Å². The maximum Gasteiger partial charge on any atom is 0.413 e. The van der Waals surface area contributed by atoms with E-state index in [-0.39, 0.29) is 17.2 Å². The lowest BCUT2D eigenvalue weighted by molar-refractivity contribution is 0.0635. The molecule has 2 N–H and O–H groups in total. The zero-order valence-electron chi connectivity index (χ0n) is 17.0. The Kier molecular flexibility index (Phi) is 5.11. The second-order valence-electron chi connectivity index (χ2n) is 7.73. The molecule has 160 valence electrons. The highest BCUT2D eigenvalue weighted by molar-refractivity contribution is 5.88. The molecule has 0 spiro atoms. The van der Waals surface area contributed by atoms with Crippen molar-refractivity contribution in [1.82, 2.24) is 29.6 Å². The molecule has 1 unspecified atom stereocenters. The van der Waals surface area contributed by atoms with Crippen LogP contribution in [0, 0.1) is 5.82 Å². The Balaban J connectivity index is 1.62. The van der Waals surface area contributed by atoms with Gasteiger partial charge in [0.2, 0.25) is 0 Å². The van der Waals surface area contributed by atoms with E-state index in [2.05, 4.69) is 25.7 Å².